The summed E-state index contributed by atoms with van der Waals surface area (Å²) in [7, 11) is 0. The van der Waals surface area contributed by atoms with E-state index in [1.165, 1.54) is 36.4 Å². The van der Waals surface area contributed by atoms with Crippen molar-refractivity contribution < 1.29 is 38.4 Å². The van der Waals surface area contributed by atoms with Crippen LogP contribution in [-0.4, -0.2) is 56.7 Å². The molecule has 34 heavy (non-hydrogen) atoms. The largest absolute Gasteiger partial charge is 0.452 e. The maximum Gasteiger partial charge on any atom is 0.443 e. The molecule has 3 rings (SSSR count). The molecule has 1 aliphatic rings. The molecule has 1 saturated heterocycles. The predicted octanol–water partition coefficient (Wildman–Crippen LogP) is 0.436. The van der Waals surface area contributed by atoms with E-state index in [1.807, 2.05) is 0 Å². The van der Waals surface area contributed by atoms with Crippen LogP contribution in [0.3, 0.4) is 0 Å². The Morgan fingerprint density at radius 2 is 1.76 bits per heavy atom. The Labute approximate surface area is 191 Å². The Morgan fingerprint density at radius 1 is 1.12 bits per heavy atom. The van der Waals surface area contributed by atoms with Crippen LogP contribution in [0.2, 0.25) is 0 Å². The minimum absolute atomic E-state index is 0.160. The molecule has 2 aromatic carbocycles. The van der Waals surface area contributed by atoms with Crippen LogP contribution in [0.4, 0.5) is 5.69 Å². The van der Waals surface area contributed by atoms with Crippen molar-refractivity contribution in [3.63, 3.8) is 0 Å². The number of carbonyl (C=O) groups is 4. The van der Waals surface area contributed by atoms with Gasteiger partial charge >= 0.3 is 11.7 Å². The van der Waals surface area contributed by atoms with Gasteiger partial charge in [-0.15, -0.1) is 0 Å². The van der Waals surface area contributed by atoms with E-state index in [0.717, 1.165) is 0 Å². The third kappa shape index (κ3) is 5.07. The molecule has 0 unspecified atom stereocenters. The SMILES string of the molecule is [N-]=[N+]=C(C(=O)CO[C@@H]1[C@H](C(=O)c2ccccc2)C(=O)N1N)C(=O)OCc1ccc([N+](=O)[O-])cc1. The van der Waals surface area contributed by atoms with Crippen LogP contribution in [0, 0.1) is 16.0 Å². The summed E-state index contributed by atoms with van der Waals surface area (Å²) >= 11 is 0. The second-order valence-corrected chi connectivity index (χ2v) is 7.03. The van der Waals surface area contributed by atoms with E-state index in [9.17, 15) is 29.3 Å². The molecule has 0 aromatic heterocycles. The summed E-state index contributed by atoms with van der Waals surface area (Å²) in [6, 6.07) is 13.0. The maximum absolute atomic E-state index is 12.6. The summed E-state index contributed by atoms with van der Waals surface area (Å²) in [6.45, 7) is -1.19. The maximum atomic E-state index is 12.6. The number of β-lactam (4-membered cyclic amide) rings is 1. The lowest BCUT2D eigenvalue weighted by Crippen LogP contribution is -2.67. The number of Topliss-reactive ketones (excluding diaryl/α,β-unsaturated/α-hetero) is 2. The van der Waals surface area contributed by atoms with Crippen molar-refractivity contribution in [2.24, 2.45) is 11.8 Å². The molecule has 0 radical (unpaired) electrons. The van der Waals surface area contributed by atoms with Crippen molar-refractivity contribution in [3.8, 4) is 0 Å². The highest BCUT2D eigenvalue weighted by atomic mass is 16.6. The number of benzene rings is 2. The van der Waals surface area contributed by atoms with E-state index < -0.39 is 52.8 Å². The average Bonchev–Trinajstić information content (AvgIpc) is 2.85. The van der Waals surface area contributed by atoms with Gasteiger partial charge in [0.2, 0.25) is 0 Å². The van der Waals surface area contributed by atoms with E-state index in [4.69, 9.17) is 20.8 Å². The molecule has 1 heterocycles. The normalized spacial score (nSPS) is 16.7. The van der Waals surface area contributed by atoms with Gasteiger partial charge in [-0.1, -0.05) is 30.3 Å². The number of nitro benzene ring substituents is 1. The van der Waals surface area contributed by atoms with Gasteiger partial charge in [0, 0.05) is 17.7 Å². The number of ether oxygens (including phenoxy) is 2. The Bertz CT molecular complexity index is 1190. The first-order valence-corrected chi connectivity index (χ1v) is 9.69. The molecule has 0 aliphatic carbocycles. The molecule has 1 amide bonds. The molecular formula is C21H17N5O8. The van der Waals surface area contributed by atoms with Crippen molar-refractivity contribution in [1.82, 2.24) is 5.01 Å². The number of esters is 1. The van der Waals surface area contributed by atoms with Crippen LogP contribution in [0.1, 0.15) is 15.9 Å². The molecule has 1 fully saturated rings. The van der Waals surface area contributed by atoms with Crippen LogP contribution < -0.4 is 5.84 Å². The summed E-state index contributed by atoms with van der Waals surface area (Å²) in [5.41, 5.74) is 8.56. The van der Waals surface area contributed by atoms with Crippen molar-refractivity contribution in [3.05, 3.63) is 81.4 Å². The number of amides is 1. The van der Waals surface area contributed by atoms with Crippen molar-refractivity contribution in [2.45, 2.75) is 12.8 Å². The zero-order valence-electron chi connectivity index (χ0n) is 17.4. The lowest BCUT2D eigenvalue weighted by molar-refractivity contribution is -0.384. The number of ketones is 2. The molecule has 0 saturated carbocycles. The van der Waals surface area contributed by atoms with Crippen LogP contribution in [0.15, 0.2) is 54.6 Å². The molecule has 2 aromatic rings. The molecule has 0 bridgehead atoms. The van der Waals surface area contributed by atoms with Gasteiger partial charge in [-0.3, -0.25) is 24.5 Å². The molecule has 13 nitrogen and oxygen atoms in total. The first-order valence-electron chi connectivity index (χ1n) is 9.69. The number of rotatable bonds is 10. The molecule has 2 N–H and O–H groups in total. The molecule has 0 spiro atoms. The van der Waals surface area contributed by atoms with Crippen LogP contribution >= 0.6 is 0 Å². The number of carbonyl (C=O) groups excluding carboxylic acids is 4. The highest BCUT2D eigenvalue weighted by molar-refractivity contribution is 6.62. The number of nitrogens with two attached hydrogens (primary N) is 1. The first-order chi connectivity index (χ1) is 16.2. The second-order valence-electron chi connectivity index (χ2n) is 7.03. The number of hydrazine groups is 1. The second kappa shape index (κ2) is 10.4. The predicted molar refractivity (Wildman–Crippen MR) is 112 cm³/mol. The summed E-state index contributed by atoms with van der Waals surface area (Å²) in [5, 5.41) is 11.3. The third-order valence-corrected chi connectivity index (χ3v) is 4.88. The summed E-state index contributed by atoms with van der Waals surface area (Å²) in [5.74, 6) is 0.655. The fourth-order valence-corrected chi connectivity index (χ4v) is 3.06. The van der Waals surface area contributed by atoms with E-state index in [-0.39, 0.29) is 17.9 Å². The number of nitro groups is 1. The molecular weight excluding hydrogens is 450 g/mol. The summed E-state index contributed by atoms with van der Waals surface area (Å²) in [6.07, 6.45) is -1.26. The fourth-order valence-electron chi connectivity index (χ4n) is 3.06. The van der Waals surface area contributed by atoms with E-state index in [1.54, 1.807) is 18.2 Å². The lowest BCUT2D eigenvalue weighted by Gasteiger charge is -2.42. The minimum atomic E-state index is -1.28. The van der Waals surface area contributed by atoms with E-state index in [2.05, 4.69) is 4.79 Å². The summed E-state index contributed by atoms with van der Waals surface area (Å²) in [4.78, 5) is 61.8. The quantitative estimate of drug-likeness (QED) is 0.0440. The van der Waals surface area contributed by atoms with Gasteiger partial charge in [0.1, 0.15) is 19.1 Å². The number of nitrogens with zero attached hydrogens (tertiary/aromatic N) is 4. The van der Waals surface area contributed by atoms with Crippen LogP contribution in [0.25, 0.3) is 5.53 Å². The average molecular weight is 467 g/mol. The zero-order valence-corrected chi connectivity index (χ0v) is 17.4. The van der Waals surface area contributed by atoms with Gasteiger partial charge < -0.3 is 15.0 Å². The van der Waals surface area contributed by atoms with Gasteiger partial charge in [0.15, 0.2) is 12.0 Å². The van der Waals surface area contributed by atoms with Gasteiger partial charge in [-0.2, -0.15) is 4.79 Å². The first kappa shape index (κ1) is 24.1. The van der Waals surface area contributed by atoms with Crippen molar-refractivity contribution >= 4 is 34.8 Å². The zero-order chi connectivity index (χ0) is 24.8. The third-order valence-electron chi connectivity index (χ3n) is 4.88. The number of hydrogen-bond donors (Lipinski definition) is 1. The topological polar surface area (TPSA) is 196 Å². The Hall–Kier alpha value is -4.58. The highest BCUT2D eigenvalue weighted by Crippen LogP contribution is 2.28. The van der Waals surface area contributed by atoms with Gasteiger partial charge in [-0.25, -0.2) is 15.6 Å². The van der Waals surface area contributed by atoms with Crippen LogP contribution in [-0.2, 0) is 30.5 Å². The van der Waals surface area contributed by atoms with Crippen LogP contribution in [0.5, 0.6) is 0 Å². The summed E-state index contributed by atoms with van der Waals surface area (Å²) < 4.78 is 10.1. The van der Waals surface area contributed by atoms with Crippen molar-refractivity contribution in [1.29, 1.82) is 0 Å². The van der Waals surface area contributed by atoms with E-state index >= 15 is 0 Å². The van der Waals surface area contributed by atoms with E-state index in [0.29, 0.717) is 10.6 Å². The van der Waals surface area contributed by atoms with Crippen molar-refractivity contribution in [2.75, 3.05) is 6.61 Å². The Morgan fingerprint density at radius 3 is 2.35 bits per heavy atom. The molecule has 174 valence electrons. The highest BCUT2D eigenvalue weighted by Gasteiger charge is 2.52. The smallest absolute Gasteiger partial charge is 0.443 e. The molecule has 13 heteroatoms. The monoisotopic (exact) mass is 467 g/mol. The Kier molecular flexibility index (Phi) is 7.33. The number of non-ortho nitro benzene ring substituents is 1. The minimum Gasteiger partial charge on any atom is -0.452 e. The standard InChI is InChI=1S/C21H17N5O8/c22-24-17(21(30)34-10-12-6-8-14(9-7-12)26(31)32)15(27)11-33-20-16(19(29)25(20)23)18(28)13-4-2-1-3-5-13/h1-9,16,20H,10-11,23H2/t16-,20-/m1/s1. The van der Waals surface area contributed by atoms with Gasteiger partial charge in [0.25, 0.3) is 17.4 Å². The molecule has 1 aliphatic heterocycles. The fraction of sp³-hybridized carbons (Fsp3) is 0.190. The number of hydrogen-bond acceptors (Lipinski definition) is 9. The Balaban J connectivity index is 1.57. The molecule has 2 atom stereocenters. The van der Waals surface area contributed by atoms with Gasteiger partial charge in [0.05, 0.1) is 4.92 Å². The van der Waals surface area contributed by atoms with Gasteiger partial charge in [-0.05, 0) is 17.7 Å². The lowest BCUT2D eigenvalue weighted by atomic mass is 9.89.